The number of para-hydroxylation sites is 2. The molecule has 8 heteroatoms. The Morgan fingerprint density at radius 2 is 2.00 bits per heavy atom. The highest BCUT2D eigenvalue weighted by atomic mass is 35.5. The molecule has 0 spiro atoms. The summed E-state index contributed by atoms with van der Waals surface area (Å²) < 4.78 is 39.7. The lowest BCUT2D eigenvalue weighted by molar-refractivity contribution is -0.125. The molecular formula is C16H12ClF2NO4. The van der Waals surface area contributed by atoms with Gasteiger partial charge in [-0.25, -0.2) is 0 Å². The number of hydrogen-bond donors (Lipinski definition) is 1. The van der Waals surface area contributed by atoms with Crippen LogP contribution in [0.5, 0.6) is 17.2 Å². The van der Waals surface area contributed by atoms with Crippen LogP contribution in [-0.4, -0.2) is 25.2 Å². The predicted octanol–water partition coefficient (Wildman–Crippen LogP) is 3.72. The van der Waals surface area contributed by atoms with Gasteiger partial charge in [0.25, 0.3) is 5.91 Å². The van der Waals surface area contributed by atoms with Crippen LogP contribution < -0.4 is 19.5 Å². The van der Waals surface area contributed by atoms with E-state index >= 15 is 0 Å². The highest BCUT2D eigenvalue weighted by molar-refractivity contribution is 6.32. The van der Waals surface area contributed by atoms with Gasteiger partial charge in [0, 0.05) is 5.69 Å². The van der Waals surface area contributed by atoms with Crippen LogP contribution in [0.15, 0.2) is 42.5 Å². The van der Waals surface area contributed by atoms with Gasteiger partial charge in [0.1, 0.15) is 12.4 Å². The number of alkyl halides is 2. The van der Waals surface area contributed by atoms with E-state index in [9.17, 15) is 13.6 Å². The van der Waals surface area contributed by atoms with Crippen molar-refractivity contribution in [2.45, 2.75) is 12.7 Å². The number of halogens is 3. The number of carbonyl (C=O) groups excluding carboxylic acids is 1. The highest BCUT2D eigenvalue weighted by Gasteiger charge is 2.27. The summed E-state index contributed by atoms with van der Waals surface area (Å²) in [7, 11) is 0. The second-order valence-corrected chi connectivity index (χ2v) is 5.28. The zero-order valence-electron chi connectivity index (χ0n) is 12.2. The van der Waals surface area contributed by atoms with Gasteiger partial charge in [0.05, 0.1) is 5.02 Å². The standard InChI is InChI=1S/C16H12ClF2NO4/c17-10-7-9(5-6-11(10)24-16(18)19)20-15(21)14-8-22-12-3-1-2-4-13(12)23-14/h1-7,14,16H,8H2,(H,20,21). The molecule has 3 rings (SSSR count). The number of benzene rings is 2. The molecule has 2 aromatic carbocycles. The van der Waals surface area contributed by atoms with Crippen molar-refractivity contribution >= 4 is 23.2 Å². The Labute approximate surface area is 141 Å². The molecule has 0 saturated heterocycles. The first-order chi connectivity index (χ1) is 11.5. The Kier molecular flexibility index (Phi) is 4.71. The van der Waals surface area contributed by atoms with Crippen molar-refractivity contribution in [3.63, 3.8) is 0 Å². The van der Waals surface area contributed by atoms with Crippen LogP contribution in [0.1, 0.15) is 0 Å². The molecule has 1 amide bonds. The zero-order valence-corrected chi connectivity index (χ0v) is 12.9. The first-order valence-corrected chi connectivity index (χ1v) is 7.34. The maximum absolute atomic E-state index is 12.2. The number of rotatable bonds is 4. The SMILES string of the molecule is O=C(Nc1ccc(OC(F)F)c(Cl)c1)C1COc2ccccc2O1. The smallest absolute Gasteiger partial charge is 0.387 e. The second-order valence-electron chi connectivity index (χ2n) is 4.88. The quantitative estimate of drug-likeness (QED) is 0.908. The summed E-state index contributed by atoms with van der Waals surface area (Å²) in [5.41, 5.74) is 0.328. The van der Waals surface area contributed by atoms with E-state index in [1.165, 1.54) is 18.2 Å². The van der Waals surface area contributed by atoms with Gasteiger partial charge in [-0.15, -0.1) is 0 Å². The fraction of sp³-hybridized carbons (Fsp3) is 0.188. The molecule has 0 radical (unpaired) electrons. The topological polar surface area (TPSA) is 56.8 Å². The molecule has 1 unspecified atom stereocenters. The molecule has 0 aromatic heterocycles. The molecule has 5 nitrogen and oxygen atoms in total. The molecule has 1 N–H and O–H groups in total. The number of carbonyl (C=O) groups is 1. The Bertz CT molecular complexity index is 757. The van der Waals surface area contributed by atoms with Crippen molar-refractivity contribution in [2.75, 3.05) is 11.9 Å². The lowest BCUT2D eigenvalue weighted by atomic mass is 10.2. The lowest BCUT2D eigenvalue weighted by Gasteiger charge is -2.25. The lowest BCUT2D eigenvalue weighted by Crippen LogP contribution is -2.40. The number of fused-ring (bicyclic) bond motifs is 1. The summed E-state index contributed by atoms with van der Waals surface area (Å²) in [6.07, 6.45) is -0.837. The number of anilines is 1. The van der Waals surface area contributed by atoms with E-state index in [0.717, 1.165) is 0 Å². The van der Waals surface area contributed by atoms with Crippen LogP contribution in [0.2, 0.25) is 5.02 Å². The Balaban J connectivity index is 1.66. The van der Waals surface area contributed by atoms with E-state index in [1.807, 2.05) is 0 Å². The van der Waals surface area contributed by atoms with Gasteiger partial charge < -0.3 is 19.5 Å². The van der Waals surface area contributed by atoms with E-state index < -0.39 is 18.6 Å². The van der Waals surface area contributed by atoms with E-state index in [2.05, 4.69) is 10.1 Å². The molecule has 0 saturated carbocycles. The molecule has 24 heavy (non-hydrogen) atoms. The van der Waals surface area contributed by atoms with Crippen molar-refractivity contribution in [1.82, 2.24) is 0 Å². The first kappa shape index (κ1) is 16.3. The number of amides is 1. The van der Waals surface area contributed by atoms with Crippen LogP contribution in [-0.2, 0) is 4.79 Å². The number of ether oxygens (including phenoxy) is 3. The van der Waals surface area contributed by atoms with Gasteiger partial charge in [-0.3, -0.25) is 4.79 Å². The molecule has 1 aliphatic rings. The van der Waals surface area contributed by atoms with Gasteiger partial charge in [-0.2, -0.15) is 8.78 Å². The molecule has 1 aliphatic heterocycles. The zero-order chi connectivity index (χ0) is 17.1. The number of hydrogen-bond acceptors (Lipinski definition) is 4. The average molecular weight is 356 g/mol. The number of nitrogens with one attached hydrogen (secondary N) is 1. The molecule has 0 bridgehead atoms. The van der Waals surface area contributed by atoms with E-state index in [4.69, 9.17) is 21.1 Å². The Morgan fingerprint density at radius 1 is 1.25 bits per heavy atom. The molecule has 1 heterocycles. The predicted molar refractivity (Wildman–Crippen MR) is 83.1 cm³/mol. The monoisotopic (exact) mass is 355 g/mol. The average Bonchev–Trinajstić information content (AvgIpc) is 2.56. The largest absolute Gasteiger partial charge is 0.485 e. The summed E-state index contributed by atoms with van der Waals surface area (Å²) in [6, 6.07) is 11.0. The van der Waals surface area contributed by atoms with Gasteiger partial charge in [0.2, 0.25) is 6.10 Å². The van der Waals surface area contributed by atoms with Crippen molar-refractivity contribution in [3.8, 4) is 17.2 Å². The Hall–Kier alpha value is -2.54. The summed E-state index contributed by atoms with van der Waals surface area (Å²) in [5, 5.41) is 2.55. The first-order valence-electron chi connectivity index (χ1n) is 6.96. The Morgan fingerprint density at radius 3 is 2.71 bits per heavy atom. The third-order valence-corrected chi connectivity index (χ3v) is 3.51. The van der Waals surface area contributed by atoms with Gasteiger partial charge in [0.15, 0.2) is 11.5 Å². The van der Waals surface area contributed by atoms with E-state index in [1.54, 1.807) is 24.3 Å². The van der Waals surface area contributed by atoms with Crippen LogP contribution in [0.4, 0.5) is 14.5 Å². The fourth-order valence-electron chi connectivity index (χ4n) is 2.14. The van der Waals surface area contributed by atoms with Crippen LogP contribution in [0.25, 0.3) is 0 Å². The molecule has 126 valence electrons. The fourth-order valence-corrected chi connectivity index (χ4v) is 2.37. The van der Waals surface area contributed by atoms with E-state index in [-0.39, 0.29) is 17.4 Å². The molecule has 1 atom stereocenters. The van der Waals surface area contributed by atoms with Crippen LogP contribution in [0, 0.1) is 0 Å². The maximum Gasteiger partial charge on any atom is 0.387 e. The minimum absolute atomic E-state index is 0.0424. The van der Waals surface area contributed by atoms with Crippen molar-refractivity contribution in [2.24, 2.45) is 0 Å². The van der Waals surface area contributed by atoms with Crippen LogP contribution in [0.3, 0.4) is 0 Å². The second kappa shape index (κ2) is 6.92. The summed E-state index contributed by atoms with van der Waals surface area (Å²) in [6.45, 7) is -2.92. The van der Waals surface area contributed by atoms with Gasteiger partial charge >= 0.3 is 6.61 Å². The molecule has 2 aromatic rings. The molecular weight excluding hydrogens is 344 g/mol. The van der Waals surface area contributed by atoms with Gasteiger partial charge in [-0.05, 0) is 30.3 Å². The minimum atomic E-state index is -2.98. The van der Waals surface area contributed by atoms with Crippen molar-refractivity contribution in [1.29, 1.82) is 0 Å². The molecule has 0 fully saturated rings. The summed E-state index contributed by atoms with van der Waals surface area (Å²) >= 11 is 5.84. The molecule has 0 aliphatic carbocycles. The summed E-state index contributed by atoms with van der Waals surface area (Å²) in [4.78, 5) is 12.2. The van der Waals surface area contributed by atoms with Gasteiger partial charge in [-0.1, -0.05) is 23.7 Å². The highest BCUT2D eigenvalue weighted by Crippen LogP contribution is 2.32. The minimum Gasteiger partial charge on any atom is -0.485 e. The normalized spacial score (nSPS) is 15.9. The van der Waals surface area contributed by atoms with Crippen molar-refractivity contribution < 1.29 is 27.8 Å². The third-order valence-electron chi connectivity index (χ3n) is 3.22. The maximum atomic E-state index is 12.2. The summed E-state index contributed by atoms with van der Waals surface area (Å²) in [5.74, 6) is 0.430. The van der Waals surface area contributed by atoms with E-state index in [0.29, 0.717) is 17.2 Å². The van der Waals surface area contributed by atoms with Crippen LogP contribution >= 0.6 is 11.6 Å². The van der Waals surface area contributed by atoms with Crippen molar-refractivity contribution in [3.05, 3.63) is 47.5 Å². The third kappa shape index (κ3) is 3.68.